The number of ether oxygens (including phenoxy) is 1. The molecule has 2 heterocycles. The predicted octanol–water partition coefficient (Wildman–Crippen LogP) is 1.87. The Morgan fingerprint density at radius 1 is 1.04 bits per heavy atom. The number of carbonyl (C=O) groups is 1. The van der Waals surface area contributed by atoms with E-state index in [2.05, 4.69) is 42.8 Å². The molecular formula is C20H40IN5O2. The van der Waals surface area contributed by atoms with Gasteiger partial charge in [-0.2, -0.15) is 0 Å². The average Bonchev–Trinajstić information content (AvgIpc) is 2.65. The van der Waals surface area contributed by atoms with Crippen molar-refractivity contribution in [2.75, 3.05) is 72.1 Å². The highest BCUT2D eigenvalue weighted by Crippen LogP contribution is 2.20. The molecule has 7 nitrogen and oxygen atoms in total. The van der Waals surface area contributed by atoms with E-state index in [0.717, 1.165) is 64.7 Å². The van der Waals surface area contributed by atoms with Crippen LogP contribution in [0.1, 0.15) is 40.5 Å². The molecule has 0 spiro atoms. The maximum Gasteiger partial charge on any atom is 0.236 e. The highest BCUT2D eigenvalue weighted by Gasteiger charge is 2.24. The number of nitrogens with one attached hydrogen (secondary N) is 1. The molecule has 0 bridgehead atoms. The zero-order valence-corrected chi connectivity index (χ0v) is 20.5. The van der Waals surface area contributed by atoms with Crippen molar-refractivity contribution in [3.8, 4) is 0 Å². The Hall–Kier alpha value is -0.610. The highest BCUT2D eigenvalue weighted by molar-refractivity contribution is 14.0. The van der Waals surface area contributed by atoms with Crippen LogP contribution in [-0.2, 0) is 9.53 Å². The molecule has 0 aromatic rings. The summed E-state index contributed by atoms with van der Waals surface area (Å²) in [5.41, 5.74) is 0.368. The lowest BCUT2D eigenvalue weighted by Gasteiger charge is -2.37. The minimum atomic E-state index is 0. The van der Waals surface area contributed by atoms with E-state index in [1.165, 1.54) is 6.42 Å². The summed E-state index contributed by atoms with van der Waals surface area (Å²) in [4.78, 5) is 23.8. The third kappa shape index (κ3) is 9.26. The fourth-order valence-electron chi connectivity index (χ4n) is 3.44. The molecule has 0 aliphatic carbocycles. The van der Waals surface area contributed by atoms with E-state index in [-0.39, 0.29) is 29.9 Å². The van der Waals surface area contributed by atoms with Crippen LogP contribution >= 0.6 is 24.0 Å². The normalized spacial score (nSPS) is 19.4. The molecule has 0 atom stereocenters. The first-order valence-electron chi connectivity index (χ1n) is 10.5. The van der Waals surface area contributed by atoms with E-state index in [9.17, 15) is 4.79 Å². The molecule has 2 aliphatic heterocycles. The predicted molar refractivity (Wildman–Crippen MR) is 125 cm³/mol. The van der Waals surface area contributed by atoms with Crippen LogP contribution in [0.5, 0.6) is 0 Å². The molecule has 28 heavy (non-hydrogen) atoms. The van der Waals surface area contributed by atoms with Gasteiger partial charge < -0.3 is 19.9 Å². The molecule has 2 rings (SSSR count). The van der Waals surface area contributed by atoms with Crippen LogP contribution in [0.2, 0.25) is 0 Å². The number of morpholine rings is 1. The number of piperazine rings is 1. The Bertz CT molecular complexity index is 481. The second kappa shape index (κ2) is 12.8. The lowest BCUT2D eigenvalue weighted by molar-refractivity contribution is -0.136. The fraction of sp³-hybridized carbons (Fsp3) is 0.900. The van der Waals surface area contributed by atoms with Crippen LogP contribution in [-0.4, -0.2) is 98.7 Å². The first-order chi connectivity index (χ1) is 12.9. The van der Waals surface area contributed by atoms with Crippen LogP contribution in [0.4, 0.5) is 0 Å². The van der Waals surface area contributed by atoms with Crippen molar-refractivity contribution >= 4 is 35.8 Å². The molecule has 0 radical (unpaired) electrons. The number of hydrogen-bond donors (Lipinski definition) is 1. The van der Waals surface area contributed by atoms with Crippen molar-refractivity contribution < 1.29 is 9.53 Å². The number of nitrogens with zero attached hydrogens (tertiary/aromatic N) is 4. The Balaban J connectivity index is 0.00000392. The molecule has 1 N–H and O–H groups in total. The Morgan fingerprint density at radius 3 is 2.25 bits per heavy atom. The third-order valence-corrected chi connectivity index (χ3v) is 5.08. The zero-order valence-electron chi connectivity index (χ0n) is 18.2. The lowest BCUT2D eigenvalue weighted by atomic mass is 9.91. The minimum Gasteiger partial charge on any atom is -0.378 e. The number of rotatable bonds is 6. The second-order valence-electron chi connectivity index (χ2n) is 8.66. The SMILES string of the molecule is CCNC(=NCCCC(C)(C)C)N1CCN(CC(=O)N2CCOCC2)CC1.I. The standard InChI is InChI=1S/C20H39N5O2.HI/c1-5-21-19(22-8-6-7-20(2,3)4)25-11-9-23(10-12-25)17-18(26)24-13-15-27-16-14-24;/h5-17H2,1-4H3,(H,21,22);1H. The summed E-state index contributed by atoms with van der Waals surface area (Å²) in [6.07, 6.45) is 2.31. The van der Waals surface area contributed by atoms with E-state index < -0.39 is 0 Å². The van der Waals surface area contributed by atoms with Gasteiger partial charge in [0.05, 0.1) is 19.8 Å². The van der Waals surface area contributed by atoms with Crippen molar-refractivity contribution in [2.45, 2.75) is 40.5 Å². The molecule has 0 aromatic carbocycles. The van der Waals surface area contributed by atoms with E-state index in [0.29, 0.717) is 25.2 Å². The van der Waals surface area contributed by atoms with E-state index in [1.807, 2.05) is 4.90 Å². The second-order valence-corrected chi connectivity index (χ2v) is 8.66. The Kier molecular flexibility index (Phi) is 11.7. The monoisotopic (exact) mass is 509 g/mol. The summed E-state index contributed by atoms with van der Waals surface area (Å²) in [7, 11) is 0. The summed E-state index contributed by atoms with van der Waals surface area (Å²) in [6.45, 7) is 17.6. The molecule has 164 valence electrons. The molecular weight excluding hydrogens is 469 g/mol. The first-order valence-corrected chi connectivity index (χ1v) is 10.5. The Labute approximate surface area is 188 Å². The van der Waals surface area contributed by atoms with Gasteiger partial charge >= 0.3 is 0 Å². The van der Waals surface area contributed by atoms with Crippen LogP contribution in [0.3, 0.4) is 0 Å². The number of guanidine groups is 1. The van der Waals surface area contributed by atoms with Crippen molar-refractivity contribution in [3.63, 3.8) is 0 Å². The molecule has 0 saturated carbocycles. The number of carbonyl (C=O) groups excluding carboxylic acids is 1. The van der Waals surface area contributed by atoms with Gasteiger partial charge in [-0.05, 0) is 25.2 Å². The highest BCUT2D eigenvalue weighted by atomic mass is 127. The molecule has 8 heteroatoms. The molecule has 1 amide bonds. The van der Waals surface area contributed by atoms with Gasteiger partial charge in [-0.3, -0.25) is 14.7 Å². The maximum absolute atomic E-state index is 12.4. The minimum absolute atomic E-state index is 0. The van der Waals surface area contributed by atoms with Gasteiger partial charge in [-0.15, -0.1) is 24.0 Å². The van der Waals surface area contributed by atoms with Gasteiger partial charge in [0.25, 0.3) is 0 Å². The summed E-state index contributed by atoms with van der Waals surface area (Å²) in [6, 6.07) is 0. The number of amides is 1. The van der Waals surface area contributed by atoms with Gasteiger partial charge in [0, 0.05) is 52.4 Å². The molecule has 2 saturated heterocycles. The largest absolute Gasteiger partial charge is 0.378 e. The van der Waals surface area contributed by atoms with Gasteiger partial charge in [-0.25, -0.2) is 0 Å². The van der Waals surface area contributed by atoms with E-state index in [1.54, 1.807) is 0 Å². The van der Waals surface area contributed by atoms with Gasteiger partial charge in [-0.1, -0.05) is 20.8 Å². The van der Waals surface area contributed by atoms with Crippen LogP contribution in [0.15, 0.2) is 4.99 Å². The molecule has 2 fully saturated rings. The molecule has 0 aromatic heterocycles. The average molecular weight is 509 g/mol. The summed E-state index contributed by atoms with van der Waals surface area (Å²) in [5.74, 6) is 1.25. The Morgan fingerprint density at radius 2 is 1.68 bits per heavy atom. The lowest BCUT2D eigenvalue weighted by Crippen LogP contribution is -2.54. The maximum atomic E-state index is 12.4. The molecule has 0 unspecified atom stereocenters. The van der Waals surface area contributed by atoms with Gasteiger partial charge in [0.15, 0.2) is 5.96 Å². The number of aliphatic imine (C=N–C) groups is 1. The first kappa shape index (κ1) is 25.4. The fourth-order valence-corrected chi connectivity index (χ4v) is 3.44. The zero-order chi connectivity index (χ0) is 19.7. The number of halogens is 1. The molecule has 2 aliphatic rings. The van der Waals surface area contributed by atoms with Crippen molar-refractivity contribution in [1.29, 1.82) is 0 Å². The van der Waals surface area contributed by atoms with Crippen molar-refractivity contribution in [1.82, 2.24) is 20.0 Å². The summed E-state index contributed by atoms with van der Waals surface area (Å²) in [5, 5.41) is 3.43. The quantitative estimate of drug-likeness (QED) is 0.257. The topological polar surface area (TPSA) is 60.4 Å². The van der Waals surface area contributed by atoms with Crippen molar-refractivity contribution in [3.05, 3.63) is 0 Å². The summed E-state index contributed by atoms with van der Waals surface area (Å²) >= 11 is 0. The van der Waals surface area contributed by atoms with Crippen molar-refractivity contribution in [2.24, 2.45) is 10.4 Å². The third-order valence-electron chi connectivity index (χ3n) is 5.08. The van der Waals surface area contributed by atoms with E-state index >= 15 is 0 Å². The smallest absolute Gasteiger partial charge is 0.236 e. The van der Waals surface area contributed by atoms with Crippen LogP contribution in [0.25, 0.3) is 0 Å². The van der Waals surface area contributed by atoms with E-state index in [4.69, 9.17) is 9.73 Å². The van der Waals surface area contributed by atoms with Gasteiger partial charge in [0.2, 0.25) is 5.91 Å². The van der Waals surface area contributed by atoms with Crippen LogP contribution < -0.4 is 5.32 Å². The van der Waals surface area contributed by atoms with Gasteiger partial charge in [0.1, 0.15) is 0 Å². The van der Waals surface area contributed by atoms with Crippen LogP contribution in [0, 0.1) is 5.41 Å². The summed E-state index contributed by atoms with van der Waals surface area (Å²) < 4.78 is 5.33. The number of hydrogen-bond acceptors (Lipinski definition) is 4.